The van der Waals surface area contributed by atoms with Crippen LogP contribution in [0.4, 0.5) is 35.1 Å². The lowest BCUT2D eigenvalue weighted by atomic mass is 9.74. The highest BCUT2D eigenvalue weighted by atomic mass is 19.4. The minimum absolute atomic E-state index is 0.0190. The minimum atomic E-state index is -5.16. The highest BCUT2D eigenvalue weighted by molar-refractivity contribution is 5.40. The summed E-state index contributed by atoms with van der Waals surface area (Å²) in [4.78, 5) is 0. The van der Waals surface area contributed by atoms with Gasteiger partial charge in [0.25, 0.3) is 0 Å². The Kier molecular flexibility index (Phi) is 9.37. The van der Waals surface area contributed by atoms with E-state index in [0.717, 1.165) is 43.4 Å². The second-order valence-corrected chi connectivity index (χ2v) is 11.9. The Balaban J connectivity index is 1.23. The Morgan fingerprint density at radius 2 is 1.49 bits per heavy atom. The lowest BCUT2D eigenvalue weighted by molar-refractivity contribution is -0.275. The lowest BCUT2D eigenvalue weighted by Crippen LogP contribution is -2.21. The monoisotopic (exact) mass is 610 g/mol. The van der Waals surface area contributed by atoms with E-state index in [9.17, 15) is 26.3 Å². The molecule has 0 saturated heterocycles. The van der Waals surface area contributed by atoms with Crippen molar-refractivity contribution >= 4 is 0 Å². The van der Waals surface area contributed by atoms with Crippen molar-refractivity contribution in [3.8, 4) is 5.75 Å². The maximum atomic E-state index is 15.7. The molecule has 1 fully saturated rings. The number of fused-ring (bicyclic) bond motifs is 1. The summed E-state index contributed by atoms with van der Waals surface area (Å²) < 4.78 is 115. The number of aryl methyl sites for hydroxylation is 2. The molecule has 1 nitrogen and oxygen atoms in total. The second-order valence-electron chi connectivity index (χ2n) is 11.9. The molecule has 1 atom stereocenters. The third-order valence-electron chi connectivity index (χ3n) is 9.11. The molecule has 0 radical (unpaired) electrons. The molecule has 5 rings (SSSR count). The number of benzene rings is 3. The smallest absolute Gasteiger partial charge is 0.403 e. The molecule has 3 aromatic carbocycles. The lowest BCUT2D eigenvalue weighted by Gasteiger charge is -2.32. The van der Waals surface area contributed by atoms with E-state index in [2.05, 4.69) is 4.74 Å². The predicted molar refractivity (Wildman–Crippen MR) is 148 cm³/mol. The molecule has 0 heterocycles. The van der Waals surface area contributed by atoms with Crippen molar-refractivity contribution in [2.75, 3.05) is 0 Å². The van der Waals surface area contributed by atoms with E-state index >= 15 is 8.78 Å². The van der Waals surface area contributed by atoms with Gasteiger partial charge in [0.1, 0.15) is 17.5 Å². The maximum absolute atomic E-state index is 15.7. The largest absolute Gasteiger partial charge is 0.573 e. The normalized spacial score (nSPS) is 20.6. The van der Waals surface area contributed by atoms with Crippen LogP contribution in [0.15, 0.2) is 36.4 Å². The van der Waals surface area contributed by atoms with E-state index in [-0.39, 0.29) is 22.9 Å². The second kappa shape index (κ2) is 12.9. The van der Waals surface area contributed by atoms with Crippen LogP contribution in [-0.4, -0.2) is 6.36 Å². The van der Waals surface area contributed by atoms with Crippen LogP contribution in [0.5, 0.6) is 5.75 Å². The molecule has 1 saturated carbocycles. The molecule has 0 amide bonds. The van der Waals surface area contributed by atoms with Crippen molar-refractivity contribution in [2.45, 2.75) is 95.8 Å². The van der Waals surface area contributed by atoms with Crippen molar-refractivity contribution < 1.29 is 39.9 Å². The van der Waals surface area contributed by atoms with Gasteiger partial charge in [-0.3, -0.25) is 0 Å². The summed E-state index contributed by atoms with van der Waals surface area (Å²) in [5, 5.41) is 0. The Morgan fingerprint density at radius 1 is 0.767 bits per heavy atom. The van der Waals surface area contributed by atoms with Crippen LogP contribution in [0.2, 0.25) is 0 Å². The van der Waals surface area contributed by atoms with E-state index in [1.165, 1.54) is 6.07 Å². The average molecular weight is 611 g/mol. The van der Waals surface area contributed by atoms with Gasteiger partial charge < -0.3 is 4.74 Å². The van der Waals surface area contributed by atoms with Gasteiger partial charge in [-0.2, -0.15) is 4.39 Å². The summed E-state index contributed by atoms with van der Waals surface area (Å²) in [6, 6.07) is 8.63. The molecule has 1 unspecified atom stereocenters. The Bertz CT molecular complexity index is 1460. The third kappa shape index (κ3) is 7.01. The number of ether oxygens (including phenoxy) is 1. The van der Waals surface area contributed by atoms with Crippen LogP contribution in [0.1, 0.15) is 97.1 Å². The fourth-order valence-electron chi connectivity index (χ4n) is 6.92. The summed E-state index contributed by atoms with van der Waals surface area (Å²) in [5.74, 6) is -6.48. The van der Waals surface area contributed by atoms with Crippen molar-refractivity contribution in [1.82, 2.24) is 0 Å². The number of hydrogen-bond acceptors (Lipinski definition) is 1. The van der Waals surface area contributed by atoms with Gasteiger partial charge in [0.2, 0.25) is 5.82 Å². The van der Waals surface area contributed by atoms with Crippen LogP contribution in [0.3, 0.4) is 0 Å². The molecule has 0 bridgehead atoms. The summed E-state index contributed by atoms with van der Waals surface area (Å²) in [5.41, 5.74) is 2.73. The first kappa shape index (κ1) is 31.3. The first-order valence-corrected chi connectivity index (χ1v) is 15.0. The van der Waals surface area contributed by atoms with E-state index < -0.39 is 47.2 Å². The summed E-state index contributed by atoms with van der Waals surface area (Å²) >= 11 is 0. The van der Waals surface area contributed by atoms with Crippen LogP contribution in [-0.2, 0) is 25.7 Å². The first-order valence-electron chi connectivity index (χ1n) is 15.0. The van der Waals surface area contributed by atoms with Crippen LogP contribution in [0, 0.1) is 35.0 Å². The Morgan fingerprint density at radius 3 is 2.16 bits per heavy atom. The summed E-state index contributed by atoms with van der Waals surface area (Å²) in [6.45, 7) is 2.05. The molecular formula is C34H34F8O. The number of rotatable bonds is 8. The van der Waals surface area contributed by atoms with Crippen molar-refractivity contribution in [3.05, 3.63) is 98.9 Å². The first-order chi connectivity index (χ1) is 20.4. The van der Waals surface area contributed by atoms with Crippen LogP contribution in [0.25, 0.3) is 0 Å². The average Bonchev–Trinajstić information content (AvgIpc) is 2.95. The highest BCUT2D eigenvalue weighted by Crippen LogP contribution is 2.45. The molecule has 43 heavy (non-hydrogen) atoms. The standard InChI is InChI=1S/C34H34F8O/c1-2-3-19-4-7-22(27(35)17-19)8-5-20-6-13-26-24(16-20)18-28(36)30(31(26)37)23-11-9-21(10-12-23)25-14-15-29(33(39)32(25)38)43-34(40,41)42/h4,7,14-15,17-18,20-21,23H,2-3,5-6,8-13,16H2,1H3. The van der Waals surface area contributed by atoms with Crippen molar-refractivity contribution in [1.29, 1.82) is 0 Å². The maximum Gasteiger partial charge on any atom is 0.573 e. The molecule has 3 aromatic rings. The summed E-state index contributed by atoms with van der Waals surface area (Å²) in [7, 11) is 0. The molecule has 0 N–H and O–H groups in total. The zero-order valence-electron chi connectivity index (χ0n) is 23.9. The van der Waals surface area contributed by atoms with Gasteiger partial charge in [-0.1, -0.05) is 31.5 Å². The van der Waals surface area contributed by atoms with E-state index in [1.54, 1.807) is 6.07 Å². The van der Waals surface area contributed by atoms with Gasteiger partial charge in [0.05, 0.1) is 0 Å². The van der Waals surface area contributed by atoms with Gasteiger partial charge in [-0.25, -0.2) is 17.6 Å². The predicted octanol–water partition coefficient (Wildman–Crippen LogP) is 10.4. The van der Waals surface area contributed by atoms with Gasteiger partial charge in [-0.05, 0) is 128 Å². The van der Waals surface area contributed by atoms with Gasteiger partial charge in [0, 0.05) is 5.56 Å². The van der Waals surface area contributed by atoms with Crippen LogP contribution < -0.4 is 4.74 Å². The molecular weight excluding hydrogens is 576 g/mol. The fraction of sp³-hybridized carbons (Fsp3) is 0.471. The van der Waals surface area contributed by atoms with Crippen LogP contribution >= 0.6 is 0 Å². The van der Waals surface area contributed by atoms with E-state index in [0.29, 0.717) is 61.6 Å². The topological polar surface area (TPSA) is 9.23 Å². The van der Waals surface area contributed by atoms with Gasteiger partial charge >= 0.3 is 6.36 Å². The Hall–Kier alpha value is -3.10. The van der Waals surface area contributed by atoms with E-state index in [1.807, 2.05) is 19.1 Å². The van der Waals surface area contributed by atoms with E-state index in [4.69, 9.17) is 0 Å². The zero-order valence-corrected chi connectivity index (χ0v) is 23.9. The molecule has 9 heteroatoms. The molecule has 0 spiro atoms. The van der Waals surface area contributed by atoms with Crippen molar-refractivity contribution in [3.63, 3.8) is 0 Å². The quantitative estimate of drug-likeness (QED) is 0.231. The third-order valence-corrected chi connectivity index (χ3v) is 9.11. The molecule has 2 aliphatic rings. The highest BCUT2D eigenvalue weighted by Gasteiger charge is 2.35. The van der Waals surface area contributed by atoms with Crippen molar-refractivity contribution in [2.24, 2.45) is 5.92 Å². The van der Waals surface area contributed by atoms with Gasteiger partial charge in [-0.15, -0.1) is 13.2 Å². The number of alkyl halides is 3. The minimum Gasteiger partial charge on any atom is -0.403 e. The molecule has 2 aliphatic carbocycles. The summed E-state index contributed by atoms with van der Waals surface area (Å²) in [6.07, 6.45) is 0.845. The molecule has 0 aliphatic heterocycles. The zero-order chi connectivity index (χ0) is 30.9. The van der Waals surface area contributed by atoms with Gasteiger partial charge in [0.15, 0.2) is 11.6 Å². The fourth-order valence-corrected chi connectivity index (χ4v) is 6.92. The number of hydrogen-bond donors (Lipinski definition) is 0. The SMILES string of the molecule is CCCc1ccc(CCC2CCc3c(cc(F)c(C4CCC(c5ccc(OC(F)(F)F)c(F)c5F)CC4)c3F)C2)c(F)c1. The molecule has 0 aromatic heterocycles. The molecule has 232 valence electrons. The number of halogens is 8. The Labute approximate surface area is 246 Å².